The molecule has 28 heavy (non-hydrogen) atoms. The van der Waals surface area contributed by atoms with E-state index in [4.69, 9.17) is 4.74 Å². The van der Waals surface area contributed by atoms with Gasteiger partial charge in [0.05, 0.1) is 10.8 Å². The van der Waals surface area contributed by atoms with Crippen LogP contribution in [-0.4, -0.2) is 23.4 Å². The molecule has 7 nitrogen and oxygen atoms in total. The second-order valence-corrected chi connectivity index (χ2v) is 6.66. The number of amides is 1. The zero-order chi connectivity index (χ0) is 20.7. The largest absolute Gasteiger partial charge is 0.455 e. The molecule has 2 atom stereocenters. The van der Waals surface area contributed by atoms with Crippen LogP contribution in [0.3, 0.4) is 0 Å². The average Bonchev–Trinajstić information content (AvgIpc) is 2.68. The molecule has 0 radical (unpaired) electrons. The number of nitro benzene ring substituents is 1. The number of nitrogens with zero attached hydrogens (tertiary/aromatic N) is 1. The zero-order valence-corrected chi connectivity index (χ0v) is 16.2. The molecule has 2 unspecified atom stereocenters. The van der Waals surface area contributed by atoms with E-state index in [1.807, 2.05) is 44.2 Å². The highest BCUT2D eigenvalue weighted by Crippen LogP contribution is 2.29. The number of benzene rings is 2. The molecule has 0 saturated heterocycles. The predicted octanol–water partition coefficient (Wildman–Crippen LogP) is 4.21. The fourth-order valence-corrected chi connectivity index (χ4v) is 2.96. The monoisotopic (exact) mass is 384 g/mol. The molecule has 0 bridgehead atoms. The summed E-state index contributed by atoms with van der Waals surface area (Å²) in [6.07, 6.45) is 0.774. The van der Waals surface area contributed by atoms with Crippen molar-refractivity contribution in [2.45, 2.75) is 33.1 Å². The number of nitrogens with one attached hydrogen (secondary N) is 1. The van der Waals surface area contributed by atoms with Crippen molar-refractivity contribution in [1.82, 2.24) is 0 Å². The van der Waals surface area contributed by atoms with Crippen LogP contribution in [0.2, 0.25) is 0 Å². The average molecular weight is 384 g/mol. The van der Waals surface area contributed by atoms with Crippen LogP contribution in [0.25, 0.3) is 0 Å². The molecule has 1 N–H and O–H groups in total. The summed E-state index contributed by atoms with van der Waals surface area (Å²) in [5.74, 6) is -1.56. The molecule has 2 aromatic rings. The number of aryl methyl sites for hydroxylation is 1. The van der Waals surface area contributed by atoms with Crippen LogP contribution in [0, 0.1) is 23.0 Å². The number of ether oxygens (including phenoxy) is 1. The minimum atomic E-state index is -0.623. The molecule has 1 amide bonds. The fraction of sp³-hybridized carbons (Fsp3) is 0.333. The van der Waals surface area contributed by atoms with Gasteiger partial charge in [0.1, 0.15) is 5.69 Å². The molecule has 0 spiro atoms. The molecule has 148 valence electrons. The Morgan fingerprint density at radius 2 is 1.82 bits per heavy atom. The maximum Gasteiger partial charge on any atom is 0.314 e. The molecule has 0 aliphatic carbocycles. The third kappa shape index (κ3) is 5.16. The first-order valence-electron chi connectivity index (χ1n) is 9.10. The Morgan fingerprint density at radius 3 is 2.43 bits per heavy atom. The SMILES string of the molecule is CCC(C)C(C(=O)OCC(=O)Nc1c(C)cccc1[N+](=O)[O-])c1ccccc1. The van der Waals surface area contributed by atoms with E-state index >= 15 is 0 Å². The van der Waals surface area contributed by atoms with Crippen molar-refractivity contribution in [3.8, 4) is 0 Å². The second-order valence-electron chi connectivity index (χ2n) is 6.66. The van der Waals surface area contributed by atoms with Gasteiger partial charge in [0.2, 0.25) is 0 Å². The van der Waals surface area contributed by atoms with E-state index in [2.05, 4.69) is 5.32 Å². The molecular formula is C21H24N2O5. The normalized spacial score (nSPS) is 12.7. The number of hydrogen-bond acceptors (Lipinski definition) is 5. The number of carbonyl (C=O) groups excluding carboxylic acids is 2. The van der Waals surface area contributed by atoms with Gasteiger partial charge in [-0.25, -0.2) is 0 Å². The van der Waals surface area contributed by atoms with E-state index in [9.17, 15) is 19.7 Å². The molecule has 7 heteroatoms. The van der Waals surface area contributed by atoms with Gasteiger partial charge >= 0.3 is 5.97 Å². The minimum absolute atomic E-state index is 0.0374. The van der Waals surface area contributed by atoms with Crippen molar-refractivity contribution >= 4 is 23.3 Å². The van der Waals surface area contributed by atoms with Crippen LogP contribution in [0.5, 0.6) is 0 Å². The van der Waals surface area contributed by atoms with Crippen molar-refractivity contribution in [2.75, 3.05) is 11.9 Å². The lowest BCUT2D eigenvalue weighted by Gasteiger charge is -2.21. The maximum absolute atomic E-state index is 12.6. The van der Waals surface area contributed by atoms with Crippen LogP contribution >= 0.6 is 0 Å². The van der Waals surface area contributed by atoms with Crippen LogP contribution in [0.1, 0.15) is 37.3 Å². The maximum atomic E-state index is 12.6. The molecule has 0 aliphatic rings. The fourth-order valence-electron chi connectivity index (χ4n) is 2.96. The number of para-hydroxylation sites is 1. The lowest BCUT2D eigenvalue weighted by Crippen LogP contribution is -2.27. The lowest BCUT2D eigenvalue weighted by atomic mass is 9.86. The smallest absolute Gasteiger partial charge is 0.314 e. The van der Waals surface area contributed by atoms with Crippen LogP contribution in [-0.2, 0) is 14.3 Å². The Balaban J connectivity index is 2.07. The summed E-state index contributed by atoms with van der Waals surface area (Å²) in [5, 5.41) is 13.6. The summed E-state index contributed by atoms with van der Waals surface area (Å²) in [6.45, 7) is 5.08. The topological polar surface area (TPSA) is 98.5 Å². The molecule has 0 aliphatic heterocycles. The van der Waals surface area contributed by atoms with Gasteiger partial charge in [-0.15, -0.1) is 0 Å². The first-order valence-corrected chi connectivity index (χ1v) is 9.10. The highest BCUT2D eigenvalue weighted by molar-refractivity contribution is 5.96. The quantitative estimate of drug-likeness (QED) is 0.417. The van der Waals surface area contributed by atoms with E-state index in [1.54, 1.807) is 19.1 Å². The van der Waals surface area contributed by atoms with Crippen LogP contribution in [0.4, 0.5) is 11.4 Å². The molecule has 0 fully saturated rings. The number of hydrogen-bond donors (Lipinski definition) is 1. The number of nitro groups is 1. The minimum Gasteiger partial charge on any atom is -0.455 e. The first-order chi connectivity index (χ1) is 13.3. The highest BCUT2D eigenvalue weighted by Gasteiger charge is 2.28. The number of rotatable bonds is 8. The van der Waals surface area contributed by atoms with Gasteiger partial charge < -0.3 is 10.1 Å². The van der Waals surface area contributed by atoms with Crippen molar-refractivity contribution in [3.05, 3.63) is 69.8 Å². The van der Waals surface area contributed by atoms with E-state index in [-0.39, 0.29) is 17.3 Å². The van der Waals surface area contributed by atoms with Crippen molar-refractivity contribution in [2.24, 2.45) is 5.92 Å². The first kappa shape index (κ1) is 21.1. The third-order valence-corrected chi connectivity index (χ3v) is 4.68. The van der Waals surface area contributed by atoms with E-state index < -0.39 is 29.3 Å². The number of carbonyl (C=O) groups is 2. The summed E-state index contributed by atoms with van der Waals surface area (Å²) in [6, 6.07) is 13.8. The van der Waals surface area contributed by atoms with E-state index in [1.165, 1.54) is 6.07 Å². The summed E-state index contributed by atoms with van der Waals surface area (Å²) in [7, 11) is 0. The molecule has 2 aromatic carbocycles. The Bertz CT molecular complexity index is 851. The number of esters is 1. The van der Waals surface area contributed by atoms with Gasteiger partial charge in [0.25, 0.3) is 11.6 Å². The Kier molecular flexibility index (Phi) is 7.26. The Hall–Kier alpha value is -3.22. The van der Waals surface area contributed by atoms with Crippen molar-refractivity contribution < 1.29 is 19.2 Å². The van der Waals surface area contributed by atoms with Crippen LogP contribution < -0.4 is 5.32 Å². The lowest BCUT2D eigenvalue weighted by molar-refractivity contribution is -0.384. The summed E-state index contributed by atoms with van der Waals surface area (Å²) >= 11 is 0. The van der Waals surface area contributed by atoms with Gasteiger partial charge in [0, 0.05) is 6.07 Å². The predicted molar refractivity (Wildman–Crippen MR) is 106 cm³/mol. The van der Waals surface area contributed by atoms with Gasteiger partial charge in [-0.2, -0.15) is 0 Å². The zero-order valence-electron chi connectivity index (χ0n) is 16.2. The second kappa shape index (κ2) is 9.64. The van der Waals surface area contributed by atoms with E-state index in [0.717, 1.165) is 12.0 Å². The molecular weight excluding hydrogens is 360 g/mol. The summed E-state index contributed by atoms with van der Waals surface area (Å²) in [5.41, 5.74) is 1.28. The molecule has 0 saturated carbocycles. The summed E-state index contributed by atoms with van der Waals surface area (Å²) in [4.78, 5) is 35.4. The Labute approximate surface area is 163 Å². The van der Waals surface area contributed by atoms with Crippen molar-refractivity contribution in [3.63, 3.8) is 0 Å². The van der Waals surface area contributed by atoms with Crippen molar-refractivity contribution in [1.29, 1.82) is 0 Å². The third-order valence-electron chi connectivity index (χ3n) is 4.68. The van der Waals surface area contributed by atoms with Gasteiger partial charge in [-0.05, 0) is 24.0 Å². The Morgan fingerprint density at radius 1 is 1.14 bits per heavy atom. The molecule has 0 heterocycles. The molecule has 2 rings (SSSR count). The van der Waals surface area contributed by atoms with Gasteiger partial charge in [0.15, 0.2) is 6.61 Å². The van der Waals surface area contributed by atoms with Gasteiger partial charge in [-0.3, -0.25) is 19.7 Å². The van der Waals surface area contributed by atoms with Crippen LogP contribution in [0.15, 0.2) is 48.5 Å². The van der Waals surface area contributed by atoms with E-state index in [0.29, 0.717) is 5.56 Å². The highest BCUT2D eigenvalue weighted by atomic mass is 16.6. The van der Waals surface area contributed by atoms with Gasteiger partial charge in [-0.1, -0.05) is 62.7 Å². The summed E-state index contributed by atoms with van der Waals surface area (Å²) < 4.78 is 5.23. The standard InChI is InChI=1S/C21H24N2O5/c1-4-14(2)19(16-10-6-5-7-11-16)21(25)28-13-18(24)22-20-15(3)9-8-12-17(20)23(26)27/h5-12,14,19H,4,13H2,1-3H3,(H,22,24). The number of anilines is 1. The molecule has 0 aromatic heterocycles.